The maximum atomic E-state index is 3.43. The molecule has 2 N–H and O–H groups in total. The summed E-state index contributed by atoms with van der Waals surface area (Å²) in [6.07, 6.45) is 3.82. The van der Waals surface area contributed by atoms with Crippen molar-refractivity contribution in [2.45, 2.75) is 33.1 Å². The summed E-state index contributed by atoms with van der Waals surface area (Å²) in [7, 11) is 0. The van der Waals surface area contributed by atoms with Crippen molar-refractivity contribution in [1.82, 2.24) is 0 Å². The smallest absolute Gasteiger partial charge is 0.0578 e. The van der Waals surface area contributed by atoms with Crippen molar-refractivity contribution in [3.05, 3.63) is 23.3 Å². The zero-order valence-corrected chi connectivity index (χ0v) is 9.69. The van der Waals surface area contributed by atoms with Crippen LogP contribution in [0.25, 0.3) is 0 Å². The van der Waals surface area contributed by atoms with Gasteiger partial charge in [0.05, 0.1) is 11.4 Å². The maximum absolute atomic E-state index is 3.43. The molecule has 0 unspecified atom stereocenters. The van der Waals surface area contributed by atoms with Crippen molar-refractivity contribution in [2.24, 2.45) is 0 Å². The number of anilines is 2. The molecule has 0 spiro atoms. The van der Waals surface area contributed by atoms with E-state index in [1.807, 2.05) is 0 Å². The van der Waals surface area contributed by atoms with Gasteiger partial charge in [-0.3, -0.25) is 0 Å². The van der Waals surface area contributed by atoms with E-state index in [0.29, 0.717) is 0 Å². The first kappa shape index (κ1) is 10.3. The molecule has 1 aromatic carbocycles. The number of fused-ring (bicyclic) bond motifs is 1. The summed E-state index contributed by atoms with van der Waals surface area (Å²) in [5.41, 5.74) is 5.60. The molecule has 15 heavy (non-hydrogen) atoms. The molecule has 0 saturated heterocycles. The Morgan fingerprint density at radius 2 is 1.40 bits per heavy atom. The second kappa shape index (κ2) is 4.56. The molecule has 0 heterocycles. The van der Waals surface area contributed by atoms with E-state index >= 15 is 0 Å². The Balaban J connectivity index is 2.33. The summed E-state index contributed by atoms with van der Waals surface area (Å²) in [6, 6.07) is 4.65. The molecule has 0 fully saturated rings. The molecular formula is C13H20N2. The van der Waals surface area contributed by atoms with Gasteiger partial charge in [-0.1, -0.05) is 0 Å². The van der Waals surface area contributed by atoms with Crippen molar-refractivity contribution >= 4 is 11.4 Å². The summed E-state index contributed by atoms with van der Waals surface area (Å²) in [5, 5.41) is 6.86. The highest BCUT2D eigenvalue weighted by Gasteiger charge is 2.13. The molecule has 0 aliphatic heterocycles. The third-order valence-electron chi connectivity index (χ3n) is 2.97. The van der Waals surface area contributed by atoms with E-state index in [1.165, 1.54) is 41.8 Å². The normalized spacial score (nSPS) is 13.7. The predicted molar refractivity (Wildman–Crippen MR) is 66.8 cm³/mol. The molecule has 0 radical (unpaired) electrons. The highest BCUT2D eigenvalue weighted by molar-refractivity contribution is 5.71. The number of benzene rings is 1. The van der Waals surface area contributed by atoms with Crippen LogP contribution in [0.5, 0.6) is 0 Å². The summed E-state index contributed by atoms with van der Waals surface area (Å²) < 4.78 is 0. The molecule has 1 aliphatic carbocycles. The average Bonchev–Trinajstić information content (AvgIpc) is 2.66. The van der Waals surface area contributed by atoms with E-state index in [-0.39, 0.29) is 0 Å². The van der Waals surface area contributed by atoms with Crippen LogP contribution in [0.1, 0.15) is 31.4 Å². The Kier molecular flexibility index (Phi) is 3.14. The Morgan fingerprint density at radius 3 is 1.80 bits per heavy atom. The highest BCUT2D eigenvalue weighted by Crippen LogP contribution is 2.31. The zero-order chi connectivity index (χ0) is 10.7. The second-order valence-electron chi connectivity index (χ2n) is 4.08. The minimum atomic E-state index is 0.983. The third-order valence-corrected chi connectivity index (χ3v) is 2.97. The fraction of sp³-hybridized carbons (Fsp3) is 0.538. The summed E-state index contributed by atoms with van der Waals surface area (Å²) >= 11 is 0. The molecule has 0 bridgehead atoms. The fourth-order valence-electron chi connectivity index (χ4n) is 2.30. The summed E-state index contributed by atoms with van der Waals surface area (Å²) in [5.74, 6) is 0. The van der Waals surface area contributed by atoms with Gasteiger partial charge >= 0.3 is 0 Å². The van der Waals surface area contributed by atoms with Gasteiger partial charge in [-0.05, 0) is 56.4 Å². The molecule has 0 saturated carbocycles. The van der Waals surface area contributed by atoms with Crippen molar-refractivity contribution in [3.8, 4) is 0 Å². The van der Waals surface area contributed by atoms with E-state index in [0.717, 1.165) is 13.1 Å². The SMILES string of the molecule is CCNc1cc2c(cc1NCC)CCC2. The molecular weight excluding hydrogens is 184 g/mol. The van der Waals surface area contributed by atoms with Crippen LogP contribution in [0.15, 0.2) is 12.1 Å². The van der Waals surface area contributed by atoms with Crippen LogP contribution in [0.2, 0.25) is 0 Å². The first-order valence-corrected chi connectivity index (χ1v) is 5.98. The lowest BCUT2D eigenvalue weighted by Crippen LogP contribution is -2.05. The third kappa shape index (κ3) is 2.09. The first-order chi connectivity index (χ1) is 7.35. The number of aryl methyl sites for hydroxylation is 2. The average molecular weight is 204 g/mol. The van der Waals surface area contributed by atoms with Gasteiger partial charge < -0.3 is 10.6 Å². The lowest BCUT2D eigenvalue weighted by Gasteiger charge is -2.14. The lowest BCUT2D eigenvalue weighted by atomic mass is 10.1. The second-order valence-corrected chi connectivity index (χ2v) is 4.08. The van der Waals surface area contributed by atoms with E-state index < -0.39 is 0 Å². The molecule has 2 heteroatoms. The maximum Gasteiger partial charge on any atom is 0.0578 e. The first-order valence-electron chi connectivity index (χ1n) is 5.98. The van der Waals surface area contributed by atoms with Crippen LogP contribution in [0.4, 0.5) is 11.4 Å². The minimum Gasteiger partial charge on any atom is -0.384 e. The number of hydrogen-bond acceptors (Lipinski definition) is 2. The van der Waals surface area contributed by atoms with E-state index in [4.69, 9.17) is 0 Å². The van der Waals surface area contributed by atoms with E-state index in [1.54, 1.807) is 0 Å². The van der Waals surface area contributed by atoms with Crippen molar-refractivity contribution < 1.29 is 0 Å². The summed E-state index contributed by atoms with van der Waals surface area (Å²) in [6.45, 7) is 6.25. The van der Waals surface area contributed by atoms with Gasteiger partial charge in [-0.2, -0.15) is 0 Å². The van der Waals surface area contributed by atoms with Crippen LogP contribution < -0.4 is 10.6 Å². The Morgan fingerprint density at radius 1 is 0.933 bits per heavy atom. The van der Waals surface area contributed by atoms with Gasteiger partial charge in [0, 0.05) is 13.1 Å². The summed E-state index contributed by atoms with van der Waals surface area (Å²) in [4.78, 5) is 0. The quantitative estimate of drug-likeness (QED) is 0.787. The van der Waals surface area contributed by atoms with Gasteiger partial charge in [0.15, 0.2) is 0 Å². The zero-order valence-electron chi connectivity index (χ0n) is 9.69. The molecule has 0 amide bonds. The molecule has 1 aromatic rings. The molecule has 2 rings (SSSR count). The molecule has 2 nitrogen and oxygen atoms in total. The van der Waals surface area contributed by atoms with Crippen molar-refractivity contribution in [2.75, 3.05) is 23.7 Å². The van der Waals surface area contributed by atoms with Crippen LogP contribution in [-0.2, 0) is 12.8 Å². The Bertz CT molecular complexity index is 312. The van der Waals surface area contributed by atoms with Crippen LogP contribution in [-0.4, -0.2) is 13.1 Å². The minimum absolute atomic E-state index is 0.983. The highest BCUT2D eigenvalue weighted by atomic mass is 14.9. The van der Waals surface area contributed by atoms with Crippen LogP contribution >= 0.6 is 0 Å². The molecule has 82 valence electrons. The number of nitrogens with one attached hydrogen (secondary N) is 2. The van der Waals surface area contributed by atoms with Crippen LogP contribution in [0, 0.1) is 0 Å². The fourth-order valence-corrected chi connectivity index (χ4v) is 2.30. The van der Waals surface area contributed by atoms with Gasteiger partial charge in [0.25, 0.3) is 0 Å². The van der Waals surface area contributed by atoms with Gasteiger partial charge in [0.2, 0.25) is 0 Å². The molecule has 1 aliphatic rings. The number of rotatable bonds is 4. The molecule has 0 atom stereocenters. The Hall–Kier alpha value is -1.18. The standard InChI is InChI=1S/C13H20N2/c1-3-14-12-8-10-6-5-7-11(10)9-13(12)15-4-2/h8-9,14-15H,3-7H2,1-2H3. The van der Waals surface area contributed by atoms with Crippen molar-refractivity contribution in [1.29, 1.82) is 0 Å². The number of hydrogen-bond donors (Lipinski definition) is 2. The largest absolute Gasteiger partial charge is 0.384 e. The monoisotopic (exact) mass is 204 g/mol. The van der Waals surface area contributed by atoms with E-state index in [9.17, 15) is 0 Å². The molecule has 0 aromatic heterocycles. The van der Waals surface area contributed by atoms with Crippen LogP contribution in [0.3, 0.4) is 0 Å². The van der Waals surface area contributed by atoms with E-state index in [2.05, 4.69) is 36.6 Å². The lowest BCUT2D eigenvalue weighted by molar-refractivity contribution is 0.912. The van der Waals surface area contributed by atoms with Crippen molar-refractivity contribution in [3.63, 3.8) is 0 Å². The van der Waals surface area contributed by atoms with Gasteiger partial charge in [-0.25, -0.2) is 0 Å². The predicted octanol–water partition coefficient (Wildman–Crippen LogP) is 3.04. The Labute approximate surface area is 92.1 Å². The topological polar surface area (TPSA) is 24.1 Å². The van der Waals surface area contributed by atoms with Gasteiger partial charge in [0.1, 0.15) is 0 Å². The van der Waals surface area contributed by atoms with Gasteiger partial charge in [-0.15, -0.1) is 0 Å².